The van der Waals surface area contributed by atoms with Crippen LogP contribution < -0.4 is 0 Å². The van der Waals surface area contributed by atoms with E-state index in [1.165, 1.54) is 0 Å². The maximum absolute atomic E-state index is 7.10. The molecule has 9 aliphatic rings. The number of hydrogen-bond acceptors (Lipinski definition) is 32. The van der Waals surface area contributed by atoms with Gasteiger partial charge in [-0.1, -0.05) is 0 Å². The van der Waals surface area contributed by atoms with Crippen molar-refractivity contribution in [2.45, 2.75) is 146 Å². The van der Waals surface area contributed by atoms with Gasteiger partial charge in [0.2, 0.25) is 0 Å². The third-order valence-corrected chi connectivity index (χ3v) is 92.8. The minimum absolute atomic E-state index is 0.239. The normalized spacial score (nSPS) is 56.4. The Morgan fingerprint density at radius 3 is 0.538 bits per heavy atom. The highest BCUT2D eigenvalue weighted by Crippen LogP contribution is 2.48. The summed E-state index contributed by atoms with van der Waals surface area (Å²) in [5, 5.41) is 0. The van der Waals surface area contributed by atoms with Crippen molar-refractivity contribution in [3.63, 3.8) is 0 Å². The molecule has 0 N–H and O–H groups in total. The Bertz CT molecular complexity index is 2290. The largest absolute Gasteiger partial charge is 0.553 e. The van der Waals surface area contributed by atoms with E-state index in [2.05, 4.69) is 0 Å². The SMILES string of the molecule is CCO[Si]1(C)O[Si](C)(OCC)O[Si]2(C)O[Si]3(C)O[Si](O[Si]4(C)O[Si](O3)O[Si]3(C)O[Si](C)(O4)O[Si]4(C)O[Si](C)(O3)O[Si]3(C)O[Si]5(C)O[Si]6(C)O[Si](C)(OCC)O[Si](C)(OCC)O[Si](C)(O6)O[Si](C)(O5)O[Si](C)(O4)O3)O[Si](C)(O1)O2. The Morgan fingerprint density at radius 1 is 0.192 bits per heavy atom. The van der Waals surface area contributed by atoms with Gasteiger partial charge >= 0.3 is 178 Å². The van der Waals surface area contributed by atoms with Gasteiger partial charge in [0.1, 0.15) is 0 Å². The molecule has 450 valence electrons. The molecule has 9 heterocycles. The fraction of sp³-hybridized carbons (Fsp3) is 1.00. The van der Waals surface area contributed by atoms with Gasteiger partial charge in [0.25, 0.3) is 0 Å². The molecule has 78 heavy (non-hydrogen) atoms. The molecule has 0 saturated carbocycles. The minimum atomic E-state index is -4.35. The molecule has 18 atom stereocenters. The van der Waals surface area contributed by atoms with Gasteiger partial charge < -0.3 is 133 Å². The Morgan fingerprint density at radius 2 is 0.333 bits per heavy atom. The zero-order chi connectivity index (χ0) is 57.6. The van der Waals surface area contributed by atoms with Gasteiger partial charge in [-0.2, -0.15) is 0 Å². The molecule has 0 aliphatic carbocycles. The van der Waals surface area contributed by atoms with Gasteiger partial charge in [-0.3, -0.25) is 0 Å². The van der Waals surface area contributed by atoms with Crippen LogP contribution in [0.3, 0.4) is 0 Å². The zero-order valence-corrected chi connectivity index (χ0v) is 67.9. The standard InChI is InChI=1S/C26H74O32Si20/c1-23-27-61(5)37-62(6,28-24-2)40-69(13)43-65(9)31-59(35-67(11,39-61)45-69)32-66(10)34-60(33-65)36-68(12)46-72(16,44-66)51-76(20)52-73(17,47-68)53-77(21)55-74(18)49-70(14)41-63(7,29-25-3)38-64(8,30-26-4)42-71(15,48-70)50-75(19,54-74)56-78(22,57-76)58-77/h23-26H2,1-22H3. The van der Waals surface area contributed by atoms with E-state index in [9.17, 15) is 0 Å². The van der Waals surface area contributed by atoms with E-state index in [0.717, 1.165) is 0 Å². The lowest BCUT2D eigenvalue weighted by Crippen LogP contribution is -2.83. The topological polar surface area (TPSA) is 295 Å². The Balaban J connectivity index is 1.09. The molecule has 32 nitrogen and oxygen atoms in total. The molecule has 0 aromatic rings. The third kappa shape index (κ3) is 14.7. The van der Waals surface area contributed by atoms with Crippen LogP contribution in [-0.2, 0) is 133 Å². The van der Waals surface area contributed by atoms with Crippen LogP contribution in [0.2, 0.25) is 118 Å². The lowest BCUT2D eigenvalue weighted by Gasteiger charge is -2.57. The summed E-state index contributed by atoms with van der Waals surface area (Å²) in [5.74, 6) is 0. The molecule has 0 spiro atoms. The average molecular weight is 1460 g/mol. The second kappa shape index (κ2) is 21.4. The quantitative estimate of drug-likeness (QED) is 0.316. The summed E-state index contributed by atoms with van der Waals surface area (Å²) < 4.78 is 218. The molecule has 9 aliphatic heterocycles. The van der Waals surface area contributed by atoms with Crippen LogP contribution in [0, 0.1) is 0 Å². The highest BCUT2D eigenvalue weighted by atomic mass is 28.6. The van der Waals surface area contributed by atoms with Crippen LogP contribution in [0.1, 0.15) is 27.7 Å². The molecule has 0 amide bonds. The highest BCUT2D eigenvalue weighted by molar-refractivity contribution is 7.02. The van der Waals surface area contributed by atoms with E-state index in [0.29, 0.717) is 0 Å². The van der Waals surface area contributed by atoms with Gasteiger partial charge in [-0.05, 0) is 27.7 Å². The molecule has 2 radical (unpaired) electrons. The summed E-state index contributed by atoms with van der Waals surface area (Å²) in [4.78, 5) is 0. The van der Waals surface area contributed by atoms with E-state index in [4.69, 9.17) is 133 Å². The molecule has 0 aromatic heterocycles. The fourth-order valence-corrected chi connectivity index (χ4v) is 109. The van der Waals surface area contributed by atoms with Crippen LogP contribution in [-0.4, -0.2) is 204 Å². The van der Waals surface area contributed by atoms with E-state index >= 15 is 0 Å². The number of fused-ring (bicyclic) bond motifs is 16. The number of hydrogen-bond donors (Lipinski definition) is 0. The first kappa shape index (κ1) is 65.5. The Kier molecular flexibility index (Phi) is 17.9. The van der Waals surface area contributed by atoms with E-state index in [-0.39, 0.29) is 26.4 Å². The van der Waals surface area contributed by atoms with Crippen molar-refractivity contribution >= 4 is 178 Å². The summed E-state index contributed by atoms with van der Waals surface area (Å²) in [6.07, 6.45) is 0. The first-order valence-corrected chi connectivity index (χ1v) is 67.7. The Hall–Kier alpha value is 3.06. The second-order valence-corrected chi connectivity index (χ2v) is 76.7. The highest BCUT2D eigenvalue weighted by Gasteiger charge is 2.78. The summed E-state index contributed by atoms with van der Waals surface area (Å²) in [6, 6.07) is 0. The Labute approximate surface area is 479 Å². The van der Waals surface area contributed by atoms with E-state index in [1.807, 2.05) is 27.7 Å². The molecular formula is C26H74O32Si20. The monoisotopic (exact) mass is 1460 g/mol. The van der Waals surface area contributed by atoms with Gasteiger partial charge in [-0.15, -0.1) is 0 Å². The predicted molar refractivity (Wildman–Crippen MR) is 298 cm³/mol. The first-order chi connectivity index (χ1) is 35.4. The van der Waals surface area contributed by atoms with Crippen LogP contribution in [0.4, 0.5) is 0 Å². The van der Waals surface area contributed by atoms with Crippen molar-refractivity contribution in [2.24, 2.45) is 0 Å². The van der Waals surface area contributed by atoms with E-state index < -0.39 is 178 Å². The van der Waals surface area contributed by atoms with Crippen molar-refractivity contribution in [2.75, 3.05) is 26.4 Å². The van der Waals surface area contributed by atoms with Crippen molar-refractivity contribution < 1.29 is 133 Å². The molecular weight excluding hydrogens is 1390 g/mol. The molecule has 9 fully saturated rings. The summed E-state index contributed by atoms with van der Waals surface area (Å²) in [7, 11) is -79.9. The summed E-state index contributed by atoms with van der Waals surface area (Å²) in [5.41, 5.74) is 0. The van der Waals surface area contributed by atoms with Crippen molar-refractivity contribution in [3.05, 3.63) is 0 Å². The maximum atomic E-state index is 7.10. The third-order valence-electron chi connectivity index (χ3n) is 11.4. The predicted octanol–water partition coefficient (Wildman–Crippen LogP) is 2.93. The fourth-order valence-electron chi connectivity index (χ4n) is 10.7. The maximum Gasteiger partial charge on any atom is 0.553 e. The van der Waals surface area contributed by atoms with Crippen molar-refractivity contribution in [1.82, 2.24) is 0 Å². The lowest BCUT2D eigenvalue weighted by molar-refractivity contribution is 0.00159. The van der Waals surface area contributed by atoms with Crippen LogP contribution in [0.5, 0.6) is 0 Å². The van der Waals surface area contributed by atoms with Gasteiger partial charge in [0, 0.05) is 144 Å². The van der Waals surface area contributed by atoms with Gasteiger partial charge in [0.05, 0.1) is 0 Å². The smallest absolute Gasteiger partial charge is 0.375 e. The van der Waals surface area contributed by atoms with Crippen molar-refractivity contribution in [1.29, 1.82) is 0 Å². The van der Waals surface area contributed by atoms with Crippen LogP contribution >= 0.6 is 0 Å². The van der Waals surface area contributed by atoms with Gasteiger partial charge in [-0.25, -0.2) is 0 Å². The van der Waals surface area contributed by atoms with Crippen molar-refractivity contribution in [3.8, 4) is 0 Å². The summed E-state index contributed by atoms with van der Waals surface area (Å²) >= 11 is 0. The molecule has 0 aromatic carbocycles. The second-order valence-electron chi connectivity index (χ2n) is 20.6. The number of rotatable bonds is 8. The minimum Gasteiger partial charge on any atom is -0.375 e. The average Bonchev–Trinajstić information content (AvgIpc) is 3.09. The van der Waals surface area contributed by atoms with Crippen LogP contribution in [0.15, 0.2) is 0 Å². The van der Waals surface area contributed by atoms with Gasteiger partial charge in [0.15, 0.2) is 0 Å². The zero-order valence-electron chi connectivity index (χ0n) is 47.9. The van der Waals surface area contributed by atoms with Crippen LogP contribution in [0.25, 0.3) is 0 Å². The first-order valence-electron chi connectivity index (χ1n) is 25.2. The molecule has 18 unspecified atom stereocenters. The molecule has 9 rings (SSSR count). The molecule has 9 saturated heterocycles. The summed E-state index contributed by atoms with van der Waals surface area (Å²) in [6.45, 7) is 37.9. The van der Waals surface area contributed by atoms with E-state index in [1.54, 1.807) is 118 Å². The molecule has 16 bridgehead atoms. The lowest BCUT2D eigenvalue weighted by atomic mass is 10.9. The molecule has 52 heteroatoms.